The molecule has 0 aliphatic heterocycles. The Bertz CT molecular complexity index is 1060. The highest BCUT2D eigenvalue weighted by Gasteiger charge is 2.24. The smallest absolute Gasteiger partial charge is 0.299 e. The lowest BCUT2D eigenvalue weighted by Crippen LogP contribution is -2.25. The van der Waals surface area contributed by atoms with E-state index in [1.54, 1.807) is 13.0 Å². The standard InChI is InChI=1S/C13H10FN5O4S/c1-7-5-6-19-12(15-7)16-13(17-19)24(22,23)18-10-8(11(20)21)3-2-4-9(10)14/h2-6,18H,1H3,(H,20,21)/p-1. The third-order valence-corrected chi connectivity index (χ3v) is 4.16. The molecule has 2 aromatic heterocycles. The average molecular weight is 350 g/mol. The van der Waals surface area contributed by atoms with E-state index in [0.29, 0.717) is 5.69 Å². The fourth-order valence-corrected chi connectivity index (χ4v) is 2.90. The van der Waals surface area contributed by atoms with Crippen LogP contribution in [0.5, 0.6) is 0 Å². The zero-order chi connectivity index (χ0) is 17.5. The van der Waals surface area contributed by atoms with Crippen molar-refractivity contribution in [1.29, 1.82) is 0 Å². The number of sulfonamides is 1. The maximum atomic E-state index is 13.8. The number of hydrogen-bond donors (Lipinski definition) is 1. The van der Waals surface area contributed by atoms with Gasteiger partial charge in [-0.3, -0.25) is 4.72 Å². The lowest BCUT2D eigenvalue weighted by atomic mass is 10.2. The molecule has 3 aromatic rings. The van der Waals surface area contributed by atoms with E-state index in [2.05, 4.69) is 15.1 Å². The number of para-hydroxylation sites is 1. The summed E-state index contributed by atoms with van der Waals surface area (Å²) in [4.78, 5) is 18.8. The van der Waals surface area contributed by atoms with Gasteiger partial charge in [0.05, 0.1) is 11.7 Å². The Morgan fingerprint density at radius 3 is 2.75 bits per heavy atom. The lowest BCUT2D eigenvalue weighted by molar-refractivity contribution is -0.254. The van der Waals surface area contributed by atoms with Gasteiger partial charge >= 0.3 is 0 Å². The fourth-order valence-electron chi connectivity index (χ4n) is 1.94. The van der Waals surface area contributed by atoms with Crippen LogP contribution in [-0.2, 0) is 10.0 Å². The first-order valence-electron chi connectivity index (χ1n) is 6.50. The summed E-state index contributed by atoms with van der Waals surface area (Å²) in [5.41, 5.74) is -0.794. The molecule has 0 unspecified atom stereocenters. The van der Waals surface area contributed by atoms with Crippen LogP contribution in [0.1, 0.15) is 16.1 Å². The SMILES string of the molecule is Cc1ccn2nc(S(=O)(=O)Nc3c(F)cccc3C(=O)[O-])nc2n1. The van der Waals surface area contributed by atoms with Crippen LogP contribution < -0.4 is 9.83 Å². The summed E-state index contributed by atoms with van der Waals surface area (Å²) in [7, 11) is -4.43. The van der Waals surface area contributed by atoms with Crippen LogP contribution >= 0.6 is 0 Å². The third-order valence-electron chi connectivity index (χ3n) is 3.04. The van der Waals surface area contributed by atoms with Crippen LogP contribution in [0.4, 0.5) is 10.1 Å². The molecule has 0 bridgehead atoms. The normalized spacial score (nSPS) is 11.6. The number of nitrogens with zero attached hydrogens (tertiary/aromatic N) is 4. The van der Waals surface area contributed by atoms with Crippen molar-refractivity contribution in [3.8, 4) is 0 Å². The minimum Gasteiger partial charge on any atom is -0.545 e. The minimum atomic E-state index is -4.43. The molecule has 2 heterocycles. The number of aromatic nitrogens is 4. The van der Waals surface area contributed by atoms with Gasteiger partial charge in [-0.25, -0.2) is 13.9 Å². The van der Waals surface area contributed by atoms with E-state index in [1.165, 1.54) is 6.20 Å². The molecular formula is C13H9FN5O4S-. The van der Waals surface area contributed by atoms with Crippen LogP contribution in [0.25, 0.3) is 5.78 Å². The van der Waals surface area contributed by atoms with Gasteiger partial charge in [0.15, 0.2) is 0 Å². The molecule has 1 N–H and O–H groups in total. The van der Waals surface area contributed by atoms with Gasteiger partial charge in [-0.15, -0.1) is 5.10 Å². The van der Waals surface area contributed by atoms with E-state index in [0.717, 1.165) is 22.7 Å². The van der Waals surface area contributed by atoms with E-state index in [9.17, 15) is 22.7 Å². The highest BCUT2D eigenvalue weighted by atomic mass is 32.2. The number of carboxylic acid groups (broad SMARTS) is 1. The zero-order valence-electron chi connectivity index (χ0n) is 12.1. The number of hydrogen-bond acceptors (Lipinski definition) is 7. The van der Waals surface area contributed by atoms with E-state index < -0.39 is 38.2 Å². The number of halogens is 1. The Hall–Kier alpha value is -3.08. The van der Waals surface area contributed by atoms with Crippen molar-refractivity contribution in [2.45, 2.75) is 12.1 Å². The highest BCUT2D eigenvalue weighted by molar-refractivity contribution is 7.92. The summed E-state index contributed by atoms with van der Waals surface area (Å²) in [5.74, 6) is -2.77. The third kappa shape index (κ3) is 2.76. The number of aromatic carboxylic acids is 1. The van der Waals surface area contributed by atoms with Crippen LogP contribution in [0.3, 0.4) is 0 Å². The number of benzene rings is 1. The number of anilines is 1. The number of rotatable bonds is 4. The maximum absolute atomic E-state index is 13.8. The Morgan fingerprint density at radius 2 is 2.04 bits per heavy atom. The van der Waals surface area contributed by atoms with Gasteiger partial charge in [0, 0.05) is 17.5 Å². The van der Waals surface area contributed by atoms with Crippen molar-refractivity contribution >= 4 is 27.5 Å². The summed E-state index contributed by atoms with van der Waals surface area (Å²) in [6, 6.07) is 4.63. The molecule has 0 aliphatic carbocycles. The van der Waals surface area contributed by atoms with Crippen molar-refractivity contribution in [2.24, 2.45) is 0 Å². The van der Waals surface area contributed by atoms with Crippen LogP contribution in [-0.4, -0.2) is 34.0 Å². The summed E-state index contributed by atoms with van der Waals surface area (Å²) >= 11 is 0. The number of fused-ring (bicyclic) bond motifs is 1. The van der Waals surface area contributed by atoms with Crippen molar-refractivity contribution < 1.29 is 22.7 Å². The predicted molar refractivity (Wildman–Crippen MR) is 77.1 cm³/mol. The molecule has 0 saturated carbocycles. The molecule has 1 aromatic carbocycles. The molecule has 9 nitrogen and oxygen atoms in total. The Balaban J connectivity index is 2.07. The van der Waals surface area contributed by atoms with Crippen molar-refractivity contribution in [3.63, 3.8) is 0 Å². The highest BCUT2D eigenvalue weighted by Crippen LogP contribution is 2.22. The molecule has 0 saturated heterocycles. The number of nitrogens with one attached hydrogen (secondary N) is 1. The average Bonchev–Trinajstić information content (AvgIpc) is 2.92. The van der Waals surface area contributed by atoms with Crippen molar-refractivity contribution in [2.75, 3.05) is 4.72 Å². The van der Waals surface area contributed by atoms with Gasteiger partial charge in [-0.2, -0.15) is 13.4 Å². The molecule has 0 radical (unpaired) electrons. The minimum absolute atomic E-state index is 0.0315. The largest absolute Gasteiger partial charge is 0.545 e. The van der Waals surface area contributed by atoms with E-state index in [4.69, 9.17) is 0 Å². The first-order chi connectivity index (χ1) is 11.3. The second kappa shape index (κ2) is 5.53. The Kier molecular flexibility index (Phi) is 3.64. The molecule has 0 amide bonds. The number of carbonyl (C=O) groups excluding carboxylic acids is 1. The van der Waals surface area contributed by atoms with Crippen LogP contribution in [0.2, 0.25) is 0 Å². The number of carboxylic acids is 1. The number of aryl methyl sites for hydroxylation is 1. The molecular weight excluding hydrogens is 341 g/mol. The first-order valence-corrected chi connectivity index (χ1v) is 7.99. The summed E-state index contributed by atoms with van der Waals surface area (Å²) < 4.78 is 41.5. The number of carbonyl (C=O) groups is 1. The lowest BCUT2D eigenvalue weighted by Gasteiger charge is -2.12. The first kappa shape index (κ1) is 15.8. The molecule has 0 spiro atoms. The fraction of sp³-hybridized carbons (Fsp3) is 0.0769. The van der Waals surface area contributed by atoms with E-state index in [1.807, 2.05) is 4.72 Å². The quantitative estimate of drug-likeness (QED) is 0.686. The second-order valence-corrected chi connectivity index (χ2v) is 6.34. The molecule has 24 heavy (non-hydrogen) atoms. The molecule has 0 aliphatic rings. The van der Waals surface area contributed by atoms with Crippen molar-refractivity contribution in [1.82, 2.24) is 19.6 Å². The van der Waals surface area contributed by atoms with Gasteiger partial charge < -0.3 is 9.90 Å². The topological polar surface area (TPSA) is 129 Å². The predicted octanol–water partition coefficient (Wildman–Crippen LogP) is -0.264. The molecule has 0 atom stereocenters. The molecule has 124 valence electrons. The molecule has 11 heteroatoms. The Morgan fingerprint density at radius 1 is 1.29 bits per heavy atom. The van der Waals surface area contributed by atoms with E-state index in [-0.39, 0.29) is 5.78 Å². The van der Waals surface area contributed by atoms with Gasteiger partial charge in [-0.1, -0.05) is 12.1 Å². The maximum Gasteiger partial charge on any atom is 0.299 e. The second-order valence-electron chi connectivity index (χ2n) is 4.76. The van der Waals surface area contributed by atoms with Crippen LogP contribution in [0.15, 0.2) is 35.6 Å². The Labute approximate surface area is 134 Å². The van der Waals surface area contributed by atoms with E-state index >= 15 is 0 Å². The van der Waals surface area contributed by atoms with Crippen LogP contribution in [0, 0.1) is 12.7 Å². The van der Waals surface area contributed by atoms with Gasteiger partial charge in [0.25, 0.3) is 21.0 Å². The summed E-state index contributed by atoms with van der Waals surface area (Å²) in [6.07, 6.45) is 1.46. The van der Waals surface area contributed by atoms with Gasteiger partial charge in [0.2, 0.25) is 0 Å². The molecule has 3 rings (SSSR count). The monoisotopic (exact) mass is 350 g/mol. The summed E-state index contributed by atoms with van der Waals surface area (Å²) in [6.45, 7) is 1.69. The zero-order valence-corrected chi connectivity index (χ0v) is 12.9. The van der Waals surface area contributed by atoms with Gasteiger partial charge in [0.1, 0.15) is 5.82 Å². The van der Waals surface area contributed by atoms with Gasteiger partial charge in [-0.05, 0) is 19.1 Å². The summed E-state index contributed by atoms with van der Waals surface area (Å²) in [5, 5.41) is 14.1. The molecule has 0 fully saturated rings. The van der Waals surface area contributed by atoms with Crippen molar-refractivity contribution in [3.05, 3.63) is 47.5 Å².